The monoisotopic (exact) mass is 274 g/mol. The summed E-state index contributed by atoms with van der Waals surface area (Å²) < 4.78 is 103. The molecule has 2 nitrogen and oxygen atoms in total. The minimum absolute atomic E-state index is 0.142. The first-order chi connectivity index (χ1) is 7.21. The van der Waals surface area contributed by atoms with Crippen molar-refractivity contribution in [3.63, 3.8) is 0 Å². The van der Waals surface area contributed by atoms with E-state index in [0.29, 0.717) is 0 Å². The molecule has 0 aliphatic carbocycles. The molecular weight excluding hydrogens is 268 g/mol. The predicted molar refractivity (Wildman–Crippen MR) is 36.1 cm³/mol. The fourth-order valence-electron chi connectivity index (χ4n) is 1.32. The van der Waals surface area contributed by atoms with E-state index in [1.807, 2.05) is 0 Å². The molecule has 0 amide bonds. The summed E-state index contributed by atoms with van der Waals surface area (Å²) in [5.74, 6) is -10.7. The van der Waals surface area contributed by atoms with Crippen molar-refractivity contribution in [3.05, 3.63) is 0 Å². The lowest BCUT2D eigenvalue weighted by Gasteiger charge is -2.36. The van der Waals surface area contributed by atoms with Gasteiger partial charge < -0.3 is 9.84 Å². The summed E-state index contributed by atoms with van der Waals surface area (Å²) in [6, 6.07) is 0. The van der Waals surface area contributed by atoms with Crippen LogP contribution in [0.1, 0.15) is 6.92 Å². The molecule has 17 heavy (non-hydrogen) atoms. The maximum atomic E-state index is 13.2. The van der Waals surface area contributed by atoms with E-state index in [2.05, 4.69) is 4.74 Å². The highest BCUT2D eigenvalue weighted by Crippen LogP contribution is 2.62. The van der Waals surface area contributed by atoms with Crippen LogP contribution in [0.5, 0.6) is 0 Å². The predicted octanol–water partition coefficient (Wildman–Crippen LogP) is 2.47. The second-order valence-corrected chi connectivity index (χ2v) is 3.83. The summed E-state index contributed by atoms with van der Waals surface area (Å²) in [5, 5.41) is 8.66. The normalized spacial score (nSPS) is 38.5. The summed E-state index contributed by atoms with van der Waals surface area (Å²) in [4.78, 5) is 0. The standard InChI is InChI=1S/C7H6F8O2/c1-3(6(10,11)12)2-17-5(16,4(3,8)9)7(13,14)15/h16H,2H2,1H3/t3-,5?/m1/s1. The number of rotatable bonds is 0. The van der Waals surface area contributed by atoms with Crippen LogP contribution in [0.15, 0.2) is 0 Å². The molecule has 1 N–H and O–H groups in total. The highest BCUT2D eigenvalue weighted by molar-refractivity contribution is 5.10. The van der Waals surface area contributed by atoms with Crippen LogP contribution in [0.3, 0.4) is 0 Å². The minimum Gasteiger partial charge on any atom is -0.354 e. The molecule has 0 aromatic rings. The lowest BCUT2D eigenvalue weighted by molar-refractivity contribution is -0.416. The maximum Gasteiger partial charge on any atom is 0.449 e. The average molecular weight is 274 g/mol. The van der Waals surface area contributed by atoms with Crippen LogP contribution in [0.4, 0.5) is 35.1 Å². The second kappa shape index (κ2) is 3.22. The number of alkyl halides is 8. The van der Waals surface area contributed by atoms with Crippen LogP contribution in [-0.2, 0) is 4.74 Å². The van der Waals surface area contributed by atoms with Gasteiger partial charge in [0.05, 0.1) is 6.61 Å². The van der Waals surface area contributed by atoms with E-state index in [0.717, 1.165) is 0 Å². The van der Waals surface area contributed by atoms with Gasteiger partial charge in [0.2, 0.25) is 0 Å². The first kappa shape index (κ1) is 14.4. The van der Waals surface area contributed by atoms with Gasteiger partial charge in [0.15, 0.2) is 5.41 Å². The molecule has 2 atom stereocenters. The minimum atomic E-state index is -6.04. The van der Waals surface area contributed by atoms with Crippen molar-refractivity contribution in [1.82, 2.24) is 0 Å². The molecule has 1 aliphatic heterocycles. The summed E-state index contributed by atoms with van der Waals surface area (Å²) >= 11 is 0. The van der Waals surface area contributed by atoms with E-state index in [9.17, 15) is 35.1 Å². The smallest absolute Gasteiger partial charge is 0.354 e. The van der Waals surface area contributed by atoms with E-state index < -0.39 is 36.1 Å². The Kier molecular flexibility index (Phi) is 2.73. The van der Waals surface area contributed by atoms with Gasteiger partial charge in [-0.05, 0) is 6.92 Å². The number of halogens is 8. The number of ether oxygens (including phenoxy) is 1. The van der Waals surface area contributed by atoms with Crippen LogP contribution in [0, 0.1) is 5.41 Å². The van der Waals surface area contributed by atoms with Crippen LogP contribution in [-0.4, -0.2) is 35.8 Å². The van der Waals surface area contributed by atoms with E-state index in [1.54, 1.807) is 0 Å². The van der Waals surface area contributed by atoms with E-state index in [1.165, 1.54) is 0 Å². The van der Waals surface area contributed by atoms with Gasteiger partial charge in [-0.1, -0.05) is 0 Å². The summed E-state index contributed by atoms with van der Waals surface area (Å²) in [5.41, 5.74) is -4.11. The third kappa shape index (κ3) is 1.53. The third-order valence-electron chi connectivity index (χ3n) is 2.70. The van der Waals surface area contributed by atoms with Crippen molar-refractivity contribution < 1.29 is 45.0 Å². The van der Waals surface area contributed by atoms with Gasteiger partial charge in [-0.3, -0.25) is 0 Å². The SMILES string of the molecule is C[C@@]1(C(F)(F)F)COC(O)(C(F)(F)F)C1(F)F. The van der Waals surface area contributed by atoms with Crippen molar-refractivity contribution in [2.45, 2.75) is 31.0 Å². The largest absolute Gasteiger partial charge is 0.449 e. The molecule has 0 spiro atoms. The van der Waals surface area contributed by atoms with E-state index >= 15 is 0 Å². The number of aliphatic hydroxyl groups is 1. The van der Waals surface area contributed by atoms with E-state index in [4.69, 9.17) is 5.11 Å². The van der Waals surface area contributed by atoms with Crippen molar-refractivity contribution in [2.24, 2.45) is 5.41 Å². The molecule has 1 heterocycles. The fraction of sp³-hybridized carbons (Fsp3) is 1.00. The molecule has 0 aromatic heterocycles. The van der Waals surface area contributed by atoms with Crippen molar-refractivity contribution in [3.8, 4) is 0 Å². The molecule has 102 valence electrons. The molecule has 1 saturated heterocycles. The van der Waals surface area contributed by atoms with Crippen LogP contribution in [0.25, 0.3) is 0 Å². The molecule has 1 fully saturated rings. The Morgan fingerprint density at radius 3 is 1.59 bits per heavy atom. The van der Waals surface area contributed by atoms with Gasteiger partial charge in [-0.15, -0.1) is 0 Å². The van der Waals surface area contributed by atoms with Crippen molar-refractivity contribution in [1.29, 1.82) is 0 Å². The third-order valence-corrected chi connectivity index (χ3v) is 2.70. The van der Waals surface area contributed by atoms with Gasteiger partial charge >= 0.3 is 24.1 Å². The van der Waals surface area contributed by atoms with Gasteiger partial charge in [-0.25, -0.2) is 0 Å². The Balaban J connectivity index is 3.33. The lowest BCUT2D eigenvalue weighted by Crippen LogP contribution is -2.63. The Morgan fingerprint density at radius 2 is 1.41 bits per heavy atom. The molecule has 0 radical (unpaired) electrons. The topological polar surface area (TPSA) is 29.5 Å². The zero-order valence-electron chi connectivity index (χ0n) is 8.09. The van der Waals surface area contributed by atoms with Gasteiger partial charge in [-0.2, -0.15) is 35.1 Å². The highest BCUT2D eigenvalue weighted by Gasteiger charge is 2.86. The number of hydrogen-bond donors (Lipinski definition) is 1. The molecule has 10 heteroatoms. The lowest BCUT2D eigenvalue weighted by atomic mass is 9.81. The molecule has 0 saturated carbocycles. The van der Waals surface area contributed by atoms with Crippen molar-refractivity contribution >= 4 is 0 Å². The quantitative estimate of drug-likeness (QED) is 0.688. The van der Waals surface area contributed by atoms with Crippen LogP contribution < -0.4 is 0 Å². The maximum absolute atomic E-state index is 13.2. The Hall–Kier alpha value is -0.640. The Morgan fingerprint density at radius 1 is 1.00 bits per heavy atom. The summed E-state index contributed by atoms with van der Waals surface area (Å²) in [6.07, 6.45) is -11.7. The zero-order chi connectivity index (χ0) is 13.9. The Labute approximate surface area is 89.2 Å². The second-order valence-electron chi connectivity index (χ2n) is 3.83. The molecule has 0 aromatic carbocycles. The first-order valence-electron chi connectivity index (χ1n) is 4.08. The first-order valence-corrected chi connectivity index (χ1v) is 4.08. The molecule has 0 bridgehead atoms. The highest BCUT2D eigenvalue weighted by atomic mass is 19.4. The molecule has 1 rings (SSSR count). The Bertz CT molecular complexity index is 291. The fourth-order valence-corrected chi connectivity index (χ4v) is 1.32. The molecule has 1 aliphatic rings. The molecular formula is C7H6F8O2. The average Bonchev–Trinajstić information content (AvgIpc) is 2.25. The van der Waals surface area contributed by atoms with E-state index in [-0.39, 0.29) is 6.92 Å². The summed E-state index contributed by atoms with van der Waals surface area (Å²) in [6.45, 7) is -2.13. The van der Waals surface area contributed by atoms with Crippen molar-refractivity contribution in [2.75, 3.05) is 6.61 Å². The van der Waals surface area contributed by atoms with Gasteiger partial charge in [0.1, 0.15) is 0 Å². The zero-order valence-corrected chi connectivity index (χ0v) is 8.09. The summed E-state index contributed by atoms with van der Waals surface area (Å²) in [7, 11) is 0. The number of hydrogen-bond acceptors (Lipinski definition) is 2. The van der Waals surface area contributed by atoms with Crippen LogP contribution in [0.2, 0.25) is 0 Å². The van der Waals surface area contributed by atoms with Gasteiger partial charge in [0.25, 0.3) is 0 Å². The molecule has 1 unspecified atom stereocenters. The van der Waals surface area contributed by atoms with Gasteiger partial charge in [0, 0.05) is 0 Å². The van der Waals surface area contributed by atoms with Crippen LogP contribution >= 0.6 is 0 Å².